The van der Waals surface area contributed by atoms with Crippen LogP contribution in [-0.2, 0) is 0 Å². The van der Waals surface area contributed by atoms with Gasteiger partial charge in [0.15, 0.2) is 4.33 Å². The molecule has 4 saturated carbocycles. The second kappa shape index (κ2) is 6.50. The number of alkyl halides is 8. The summed E-state index contributed by atoms with van der Waals surface area (Å²) in [4.78, 5) is -4.50. The number of allylic oxidation sites excluding steroid dienone is 4. The highest BCUT2D eigenvalue weighted by Crippen LogP contribution is 2.84. The van der Waals surface area contributed by atoms with Gasteiger partial charge < -0.3 is 0 Å². The van der Waals surface area contributed by atoms with Gasteiger partial charge in [-0.1, -0.05) is 69.6 Å². The van der Waals surface area contributed by atoms with Crippen molar-refractivity contribution in [1.82, 2.24) is 0 Å². The van der Waals surface area contributed by atoms with Gasteiger partial charge >= 0.3 is 0 Å². The van der Waals surface area contributed by atoms with Crippen LogP contribution >= 0.6 is 139 Å². The largest absolute Gasteiger partial charge is 0.166 e. The van der Waals surface area contributed by atoms with Crippen molar-refractivity contribution in [1.29, 1.82) is 0 Å². The molecule has 6 aliphatic carbocycles. The second-order valence-electron chi connectivity index (χ2n) is 9.81. The molecule has 0 nitrogen and oxygen atoms in total. The number of halogens is 12. The van der Waals surface area contributed by atoms with Crippen LogP contribution in [0.15, 0.2) is 20.1 Å². The lowest BCUT2D eigenvalue weighted by atomic mass is 9.63. The van der Waals surface area contributed by atoms with Gasteiger partial charge in [0, 0.05) is 5.92 Å². The highest BCUT2D eigenvalue weighted by Gasteiger charge is 2.85. The van der Waals surface area contributed by atoms with Crippen LogP contribution in [-0.4, -0.2) is 28.2 Å². The number of hydrogen-bond donors (Lipinski definition) is 0. The van der Waals surface area contributed by atoms with Crippen molar-refractivity contribution in [3.63, 3.8) is 0 Å². The molecule has 0 spiro atoms. The molecular weight excluding hydrogens is 654 g/mol. The quantitative estimate of drug-likeness (QED) is 0.193. The Labute approximate surface area is 240 Å². The summed E-state index contributed by atoms with van der Waals surface area (Å²) in [7, 11) is 0. The zero-order chi connectivity index (χ0) is 22.9. The van der Waals surface area contributed by atoms with Gasteiger partial charge in [-0.2, -0.15) is 0 Å². The van der Waals surface area contributed by atoms with Gasteiger partial charge in [0.1, 0.15) is 14.1 Å². The summed E-state index contributed by atoms with van der Waals surface area (Å²) in [5.41, 5.74) is 0. The molecule has 0 aromatic rings. The summed E-state index contributed by atoms with van der Waals surface area (Å²) in [6.45, 7) is 0. The average molecular weight is 666 g/mol. The van der Waals surface area contributed by atoms with E-state index in [2.05, 4.69) is 0 Å². The van der Waals surface area contributed by atoms with Crippen LogP contribution in [0.1, 0.15) is 19.3 Å². The van der Waals surface area contributed by atoms with E-state index in [0.717, 1.165) is 0 Å². The Morgan fingerprint density at radius 2 is 1.16 bits per heavy atom. The fourth-order valence-electron chi connectivity index (χ4n) is 7.91. The molecule has 0 aromatic carbocycles. The van der Waals surface area contributed by atoms with E-state index in [0.29, 0.717) is 29.3 Å². The van der Waals surface area contributed by atoms with Gasteiger partial charge in [0.25, 0.3) is 0 Å². The Balaban J connectivity index is 1.48. The zero-order valence-corrected chi connectivity index (χ0v) is 24.2. The van der Waals surface area contributed by atoms with Crippen LogP contribution in [0.4, 0.5) is 0 Å². The molecule has 10 atom stereocenters. The first-order valence-corrected chi connectivity index (χ1v) is 14.2. The highest BCUT2D eigenvalue weighted by molar-refractivity contribution is 6.65. The van der Waals surface area contributed by atoms with E-state index in [1.54, 1.807) is 0 Å². The van der Waals surface area contributed by atoms with Crippen molar-refractivity contribution in [3.8, 4) is 0 Å². The van der Waals surface area contributed by atoms with Crippen LogP contribution in [0.25, 0.3) is 0 Å². The molecule has 0 N–H and O–H groups in total. The van der Waals surface area contributed by atoms with Crippen LogP contribution in [0.5, 0.6) is 0 Å². The second-order valence-corrected chi connectivity index (χ2v) is 16.7. The molecule has 12 heteroatoms. The van der Waals surface area contributed by atoms with Gasteiger partial charge in [0.05, 0.1) is 29.9 Å². The van der Waals surface area contributed by atoms with Crippen LogP contribution < -0.4 is 0 Å². The topological polar surface area (TPSA) is 0 Å². The normalized spacial score (nSPS) is 60.0. The van der Waals surface area contributed by atoms with Crippen LogP contribution in [0.2, 0.25) is 0 Å². The maximum Gasteiger partial charge on any atom is 0.166 e. The first kappa shape index (κ1) is 24.3. The smallest absolute Gasteiger partial charge is 0.113 e. The van der Waals surface area contributed by atoms with Gasteiger partial charge in [-0.25, -0.2) is 0 Å². The molecule has 4 fully saturated rings. The predicted molar refractivity (Wildman–Crippen MR) is 135 cm³/mol. The molecule has 10 unspecified atom stereocenters. The lowest BCUT2D eigenvalue weighted by Gasteiger charge is -2.47. The lowest BCUT2D eigenvalue weighted by molar-refractivity contribution is 0.108. The summed E-state index contributed by atoms with van der Waals surface area (Å²) in [5, 5.41) is 1.12. The Hall–Kier alpha value is 2.96. The van der Waals surface area contributed by atoms with Gasteiger partial charge in [-0.15, -0.1) is 69.6 Å². The minimum absolute atomic E-state index is 0.112. The van der Waals surface area contributed by atoms with E-state index in [1.807, 2.05) is 0 Å². The molecule has 31 heavy (non-hydrogen) atoms. The molecule has 0 amide bonds. The SMILES string of the molecule is ClC1=C(Cl)C2(Cl)CC1(Cl)C1C2C2C(C3CC4(Cl)C(Cl)=C(Cl)C3(Cl)C4(Cl)Cl)CC1C2(Cl)Cl. The van der Waals surface area contributed by atoms with Crippen LogP contribution in [0.3, 0.4) is 0 Å². The maximum atomic E-state index is 7.13. The van der Waals surface area contributed by atoms with Gasteiger partial charge in [0.2, 0.25) is 0 Å². The van der Waals surface area contributed by atoms with Gasteiger partial charge in [-0.3, -0.25) is 0 Å². The first-order valence-electron chi connectivity index (χ1n) is 9.66. The Morgan fingerprint density at radius 3 is 1.68 bits per heavy atom. The van der Waals surface area contributed by atoms with E-state index in [9.17, 15) is 0 Å². The van der Waals surface area contributed by atoms with Crippen molar-refractivity contribution in [2.24, 2.45) is 35.5 Å². The molecule has 6 rings (SSSR count). The standard InChI is InChI=1S/C19H12Cl12/c20-10-11(21)15(25)3-14(10,24)8-5-1-4(7(9(8)15)18(5,28)29)6-2-16(26)12(22)13(23)17(6,27)19(16,30)31/h4-9H,1-3H2. The summed E-state index contributed by atoms with van der Waals surface area (Å²) < 4.78 is -2.71. The summed E-state index contributed by atoms with van der Waals surface area (Å²) >= 11 is 81.9. The number of fused-ring (bicyclic) bond motifs is 11. The monoisotopic (exact) mass is 660 g/mol. The molecule has 6 aliphatic rings. The van der Waals surface area contributed by atoms with E-state index in [-0.39, 0.29) is 45.6 Å². The molecule has 0 radical (unpaired) electrons. The molecule has 0 saturated heterocycles. The highest BCUT2D eigenvalue weighted by atomic mass is 35.5. The Kier molecular flexibility index (Phi) is 5.10. The third-order valence-corrected chi connectivity index (χ3v) is 16.8. The maximum absolute atomic E-state index is 7.13. The zero-order valence-electron chi connectivity index (χ0n) is 15.1. The molecular formula is C19H12Cl12. The van der Waals surface area contributed by atoms with Crippen molar-refractivity contribution in [3.05, 3.63) is 20.1 Å². The summed E-state index contributed by atoms with van der Waals surface area (Å²) in [6.07, 6.45) is 1.40. The fraction of sp³-hybridized carbons (Fsp3) is 0.789. The minimum Gasteiger partial charge on any atom is -0.113 e. The lowest BCUT2D eigenvalue weighted by Crippen LogP contribution is -2.49. The molecule has 6 bridgehead atoms. The number of hydrogen-bond acceptors (Lipinski definition) is 0. The van der Waals surface area contributed by atoms with Crippen LogP contribution in [0, 0.1) is 35.5 Å². The van der Waals surface area contributed by atoms with E-state index < -0.39 is 28.2 Å². The van der Waals surface area contributed by atoms with Crippen molar-refractivity contribution in [2.75, 3.05) is 0 Å². The first-order chi connectivity index (χ1) is 14.0. The Morgan fingerprint density at radius 1 is 0.613 bits per heavy atom. The van der Waals surface area contributed by atoms with Gasteiger partial charge in [-0.05, 0) is 48.9 Å². The average Bonchev–Trinajstić information content (AvgIpc) is 3.31. The van der Waals surface area contributed by atoms with E-state index in [4.69, 9.17) is 139 Å². The van der Waals surface area contributed by atoms with E-state index in [1.165, 1.54) is 0 Å². The number of rotatable bonds is 1. The Bertz CT molecular complexity index is 1000. The van der Waals surface area contributed by atoms with Crippen molar-refractivity contribution < 1.29 is 0 Å². The fourth-order valence-corrected chi connectivity index (χ4v) is 13.9. The molecule has 0 aliphatic heterocycles. The summed E-state index contributed by atoms with van der Waals surface area (Å²) in [6, 6.07) is 0. The third-order valence-electron chi connectivity index (χ3n) is 8.97. The molecule has 172 valence electrons. The molecule has 0 aromatic heterocycles. The summed E-state index contributed by atoms with van der Waals surface area (Å²) in [5.74, 6) is -1.20. The minimum atomic E-state index is -1.60. The third kappa shape index (κ3) is 2.27. The van der Waals surface area contributed by atoms with Crippen molar-refractivity contribution >= 4 is 139 Å². The molecule has 0 heterocycles. The van der Waals surface area contributed by atoms with E-state index >= 15 is 0 Å². The predicted octanol–water partition coefficient (Wildman–Crippen LogP) is 9.57. The van der Waals surface area contributed by atoms with Crippen molar-refractivity contribution in [2.45, 2.75) is 47.4 Å².